The van der Waals surface area contributed by atoms with E-state index in [1.165, 1.54) is 30.3 Å². The number of carboxylic acid groups (broad SMARTS) is 1. The number of aliphatic hydroxyl groups is 1. The lowest BCUT2D eigenvalue weighted by molar-refractivity contribution is -0.384. The van der Waals surface area contributed by atoms with E-state index in [9.17, 15) is 34.4 Å². The molecular weight excluding hydrogens is 586 g/mol. The summed E-state index contributed by atoms with van der Waals surface area (Å²) in [6.45, 7) is 7.10. The van der Waals surface area contributed by atoms with Gasteiger partial charge in [-0.2, -0.15) is 0 Å². The topological polar surface area (TPSA) is 180 Å². The van der Waals surface area contributed by atoms with Crippen molar-refractivity contribution in [2.24, 2.45) is 16.7 Å². The highest BCUT2D eigenvalue weighted by molar-refractivity contribution is 5.94. The maximum atomic E-state index is 13.3. The van der Waals surface area contributed by atoms with Gasteiger partial charge in [0.25, 0.3) is 5.69 Å². The van der Waals surface area contributed by atoms with E-state index in [1.54, 1.807) is 0 Å². The van der Waals surface area contributed by atoms with E-state index < -0.39 is 51.3 Å². The monoisotopic (exact) mass is 627 g/mol. The molecule has 45 heavy (non-hydrogen) atoms. The summed E-state index contributed by atoms with van der Waals surface area (Å²) >= 11 is 0. The number of nitro groups is 1. The van der Waals surface area contributed by atoms with Crippen LogP contribution in [0.1, 0.15) is 88.4 Å². The second-order valence-corrected chi connectivity index (χ2v) is 12.9. The number of esters is 3. The van der Waals surface area contributed by atoms with Gasteiger partial charge in [-0.05, 0) is 50.3 Å². The SMILES string of the molecule is C=C(CCCCCCCC(=O)OC[C@@]1(C)CCC[C@@]2(C)[C@H]1[C@H](OC(=O)c1ccc([N+](=O)[O-])cc1)C=C1C(=O)OC[C@@]12O)C(=O)O. The van der Waals surface area contributed by atoms with Crippen molar-refractivity contribution in [1.29, 1.82) is 0 Å². The van der Waals surface area contributed by atoms with Gasteiger partial charge in [0.05, 0.1) is 22.7 Å². The van der Waals surface area contributed by atoms with Crippen LogP contribution in [0.4, 0.5) is 5.69 Å². The molecule has 0 bridgehead atoms. The van der Waals surface area contributed by atoms with E-state index >= 15 is 0 Å². The van der Waals surface area contributed by atoms with Crippen LogP contribution in [0.2, 0.25) is 0 Å². The van der Waals surface area contributed by atoms with Crippen LogP contribution in [-0.4, -0.2) is 63.9 Å². The van der Waals surface area contributed by atoms with E-state index in [0.29, 0.717) is 32.1 Å². The van der Waals surface area contributed by atoms with E-state index in [1.807, 2.05) is 13.8 Å². The number of hydrogen-bond donors (Lipinski definition) is 2. The fraction of sp³-hybridized carbons (Fsp3) is 0.576. The van der Waals surface area contributed by atoms with Gasteiger partial charge in [0.1, 0.15) is 18.3 Å². The molecule has 1 aromatic rings. The minimum Gasteiger partial charge on any atom is -0.478 e. The minimum absolute atomic E-state index is 0.0169. The number of nitro benzene ring substituents is 1. The van der Waals surface area contributed by atoms with Crippen LogP contribution in [0.15, 0.2) is 48.1 Å². The number of cyclic esters (lactones) is 1. The Hall–Kier alpha value is -4.06. The molecule has 1 aliphatic heterocycles. The quantitative estimate of drug-likeness (QED) is 0.0702. The minimum atomic E-state index is -1.62. The predicted molar refractivity (Wildman–Crippen MR) is 160 cm³/mol. The number of benzene rings is 1. The smallest absolute Gasteiger partial charge is 0.338 e. The molecule has 4 rings (SSSR count). The molecule has 1 saturated heterocycles. The second kappa shape index (κ2) is 13.5. The molecule has 1 heterocycles. The average molecular weight is 628 g/mol. The van der Waals surface area contributed by atoms with Gasteiger partial charge < -0.3 is 24.4 Å². The molecule has 1 saturated carbocycles. The molecule has 0 spiro atoms. The Balaban J connectivity index is 1.45. The van der Waals surface area contributed by atoms with E-state index in [2.05, 4.69) is 6.58 Å². The van der Waals surface area contributed by atoms with Crippen LogP contribution in [0.3, 0.4) is 0 Å². The highest BCUT2D eigenvalue weighted by Gasteiger charge is 2.68. The Morgan fingerprint density at radius 3 is 2.36 bits per heavy atom. The van der Waals surface area contributed by atoms with Gasteiger partial charge in [-0.15, -0.1) is 0 Å². The van der Waals surface area contributed by atoms with Gasteiger partial charge in [0, 0.05) is 40.9 Å². The molecule has 12 heteroatoms. The third-order valence-corrected chi connectivity index (χ3v) is 9.84. The Morgan fingerprint density at radius 1 is 1.07 bits per heavy atom. The van der Waals surface area contributed by atoms with Crippen molar-refractivity contribution in [3.05, 3.63) is 63.7 Å². The third-order valence-electron chi connectivity index (χ3n) is 9.84. The van der Waals surface area contributed by atoms with Gasteiger partial charge in [0.15, 0.2) is 0 Å². The lowest BCUT2D eigenvalue weighted by Gasteiger charge is -2.60. The molecule has 244 valence electrons. The zero-order chi connectivity index (χ0) is 33.0. The number of rotatable bonds is 14. The molecule has 1 aromatic carbocycles. The van der Waals surface area contributed by atoms with E-state index in [4.69, 9.17) is 19.3 Å². The number of carboxylic acids is 1. The van der Waals surface area contributed by atoms with Crippen LogP contribution in [0.5, 0.6) is 0 Å². The van der Waals surface area contributed by atoms with Crippen molar-refractivity contribution in [1.82, 2.24) is 0 Å². The van der Waals surface area contributed by atoms with Crippen molar-refractivity contribution in [2.45, 2.75) is 89.8 Å². The predicted octanol–water partition coefficient (Wildman–Crippen LogP) is 5.08. The number of hydrogen-bond acceptors (Lipinski definition) is 10. The Morgan fingerprint density at radius 2 is 1.71 bits per heavy atom. The molecule has 0 aromatic heterocycles. The highest BCUT2D eigenvalue weighted by atomic mass is 16.6. The van der Waals surface area contributed by atoms with Gasteiger partial charge in [-0.3, -0.25) is 14.9 Å². The summed E-state index contributed by atoms with van der Waals surface area (Å²) in [5.74, 6) is -3.34. The van der Waals surface area contributed by atoms with Gasteiger partial charge in [0.2, 0.25) is 0 Å². The van der Waals surface area contributed by atoms with Gasteiger partial charge in [-0.1, -0.05) is 46.1 Å². The van der Waals surface area contributed by atoms with E-state index in [0.717, 1.165) is 25.7 Å². The number of carbonyl (C=O) groups is 4. The summed E-state index contributed by atoms with van der Waals surface area (Å²) in [5, 5.41) is 31.8. The fourth-order valence-corrected chi connectivity index (χ4v) is 7.33. The maximum Gasteiger partial charge on any atom is 0.338 e. The molecule has 2 aliphatic carbocycles. The molecule has 12 nitrogen and oxygen atoms in total. The normalized spacial score (nSPS) is 28.6. The molecule has 5 atom stereocenters. The van der Waals surface area contributed by atoms with Crippen LogP contribution in [0, 0.1) is 26.9 Å². The van der Waals surface area contributed by atoms with Crippen LogP contribution in [0.25, 0.3) is 0 Å². The largest absolute Gasteiger partial charge is 0.478 e. The molecule has 2 N–H and O–H groups in total. The Labute approximate surface area is 261 Å². The number of fused-ring (bicyclic) bond motifs is 3. The first-order valence-electron chi connectivity index (χ1n) is 15.4. The first-order valence-corrected chi connectivity index (χ1v) is 15.4. The van der Waals surface area contributed by atoms with Crippen molar-refractivity contribution >= 4 is 29.6 Å². The zero-order valence-electron chi connectivity index (χ0n) is 25.7. The van der Waals surface area contributed by atoms with E-state index in [-0.39, 0.29) is 48.0 Å². The lowest BCUT2D eigenvalue weighted by Crippen LogP contribution is -2.65. The van der Waals surface area contributed by atoms with Crippen molar-refractivity contribution in [3.63, 3.8) is 0 Å². The number of nitrogens with zero attached hydrogens (tertiary/aromatic N) is 1. The standard InChI is InChI=1S/C33H41NO11/c1-21(28(36)37)10-7-5-4-6-8-11-26(35)43-19-31(2)16-9-17-32(3)27(31)25(18-24-30(39)44-20-33(24,32)40)45-29(38)22-12-14-23(15-13-22)34(41)42/h12-15,18,25,27,40H,1,4-11,16-17,19-20H2,2-3H3,(H,36,37)/t25-,27+,31-,32+,33-/m1/s1. The second-order valence-electron chi connectivity index (χ2n) is 12.9. The number of non-ortho nitro benzene ring substituents is 1. The Bertz CT molecular complexity index is 1390. The third kappa shape index (κ3) is 6.95. The first-order chi connectivity index (χ1) is 21.2. The highest BCUT2D eigenvalue weighted by Crippen LogP contribution is 2.63. The van der Waals surface area contributed by atoms with Gasteiger partial charge in [-0.25, -0.2) is 14.4 Å². The molecule has 0 amide bonds. The number of unbranched alkanes of at least 4 members (excludes halogenated alkanes) is 4. The van der Waals surface area contributed by atoms with Crippen LogP contribution >= 0.6 is 0 Å². The summed E-state index contributed by atoms with van der Waals surface area (Å²) in [6.07, 6.45) is 6.76. The number of aliphatic carboxylic acids is 1. The molecule has 3 aliphatic rings. The first kappa shape index (κ1) is 33.8. The summed E-state index contributed by atoms with van der Waals surface area (Å²) in [4.78, 5) is 60.0. The molecular formula is C33H41NO11. The lowest BCUT2D eigenvalue weighted by atomic mass is 9.46. The summed E-state index contributed by atoms with van der Waals surface area (Å²) in [7, 11) is 0. The summed E-state index contributed by atoms with van der Waals surface area (Å²) in [5.41, 5.74) is -3.18. The van der Waals surface area contributed by atoms with Crippen molar-refractivity contribution in [3.8, 4) is 0 Å². The molecule has 2 fully saturated rings. The maximum absolute atomic E-state index is 13.3. The van der Waals surface area contributed by atoms with Crippen molar-refractivity contribution < 1.29 is 48.5 Å². The number of ether oxygens (including phenoxy) is 3. The summed E-state index contributed by atoms with van der Waals surface area (Å²) in [6, 6.07) is 5.00. The Kier molecular flexibility index (Phi) is 10.2. The molecule has 0 radical (unpaired) electrons. The molecule has 0 unspecified atom stereocenters. The van der Waals surface area contributed by atoms with Crippen LogP contribution in [-0.2, 0) is 28.6 Å². The number of carbonyl (C=O) groups excluding carboxylic acids is 3. The van der Waals surface area contributed by atoms with Gasteiger partial charge >= 0.3 is 23.9 Å². The van der Waals surface area contributed by atoms with Crippen molar-refractivity contribution in [2.75, 3.05) is 13.2 Å². The average Bonchev–Trinajstić information content (AvgIpc) is 3.30. The van der Waals surface area contributed by atoms with Crippen LogP contribution < -0.4 is 0 Å². The fourth-order valence-electron chi connectivity index (χ4n) is 7.33. The summed E-state index contributed by atoms with van der Waals surface area (Å²) < 4.78 is 17.0. The zero-order valence-corrected chi connectivity index (χ0v) is 25.7.